The van der Waals surface area contributed by atoms with Crippen molar-refractivity contribution in [2.45, 2.75) is 0 Å². The van der Waals surface area contributed by atoms with Gasteiger partial charge in [0.1, 0.15) is 0 Å². The lowest BCUT2D eigenvalue weighted by atomic mass is 9.99. The molecule has 15 aromatic rings. The van der Waals surface area contributed by atoms with E-state index in [0.717, 1.165) is 94.5 Å². The largest absolute Gasteiger partial charge is 0.248 e. The van der Waals surface area contributed by atoms with Crippen molar-refractivity contribution in [3.63, 3.8) is 0 Å². The minimum absolute atomic E-state index is 0.584. The second-order valence-corrected chi connectivity index (χ2v) is 20.8. The molecule has 0 atom stereocenters. The van der Waals surface area contributed by atoms with Gasteiger partial charge in [-0.3, -0.25) is 0 Å². The van der Waals surface area contributed by atoms with Crippen LogP contribution in [0.5, 0.6) is 0 Å². The molecule has 0 saturated carbocycles. The zero-order chi connectivity index (χ0) is 58.9. The Morgan fingerprint density at radius 3 is 0.727 bits per heavy atom. The molecular formula is C78H52N10. The first kappa shape index (κ1) is 53.8. The van der Waals surface area contributed by atoms with Crippen LogP contribution in [0.15, 0.2) is 315 Å². The number of hydrogen-bond acceptors (Lipinski definition) is 10. The van der Waals surface area contributed by atoms with Crippen molar-refractivity contribution < 1.29 is 0 Å². The Balaban J connectivity index is 0.000000157. The van der Waals surface area contributed by atoms with Gasteiger partial charge >= 0.3 is 0 Å². The Morgan fingerprint density at radius 2 is 0.375 bits per heavy atom. The van der Waals surface area contributed by atoms with Crippen LogP contribution >= 0.6 is 0 Å². The first-order chi connectivity index (χ1) is 43.6. The molecule has 0 aliphatic carbocycles. The number of rotatable bonds is 12. The van der Waals surface area contributed by atoms with Gasteiger partial charge in [-0.05, 0) is 52.6 Å². The molecule has 88 heavy (non-hydrogen) atoms. The molecule has 0 spiro atoms. The third kappa shape index (κ3) is 12.1. The highest BCUT2D eigenvalue weighted by atomic mass is 15.1. The van der Waals surface area contributed by atoms with Crippen molar-refractivity contribution in [1.82, 2.24) is 49.8 Å². The molecular weight excluding hydrogens is 1080 g/mol. The third-order valence-corrected chi connectivity index (χ3v) is 14.9. The minimum atomic E-state index is 0.584. The summed E-state index contributed by atoms with van der Waals surface area (Å²) in [6, 6.07) is 106. The van der Waals surface area contributed by atoms with Gasteiger partial charge in [0.2, 0.25) is 0 Å². The van der Waals surface area contributed by atoms with E-state index in [0.29, 0.717) is 52.4 Å². The van der Waals surface area contributed by atoms with E-state index in [1.165, 1.54) is 0 Å². The fraction of sp³-hybridized carbons (Fsp3) is 0. The Kier molecular flexibility index (Phi) is 15.3. The van der Waals surface area contributed by atoms with E-state index < -0.39 is 0 Å². The molecule has 0 amide bonds. The highest BCUT2D eigenvalue weighted by Gasteiger charge is 2.17. The molecule has 0 bridgehead atoms. The Bertz CT molecular complexity index is 4770. The van der Waals surface area contributed by atoms with Crippen LogP contribution < -0.4 is 0 Å². The predicted molar refractivity (Wildman–Crippen MR) is 354 cm³/mol. The topological polar surface area (TPSA) is 129 Å². The van der Waals surface area contributed by atoms with Crippen LogP contribution in [0.2, 0.25) is 0 Å². The van der Waals surface area contributed by atoms with Crippen LogP contribution in [0.3, 0.4) is 0 Å². The lowest BCUT2D eigenvalue weighted by Crippen LogP contribution is -2.01. The van der Waals surface area contributed by atoms with Gasteiger partial charge in [0.25, 0.3) is 0 Å². The summed E-state index contributed by atoms with van der Waals surface area (Å²) in [7, 11) is 0. The molecule has 0 aliphatic heterocycles. The molecule has 4 aromatic heterocycles. The van der Waals surface area contributed by atoms with E-state index in [9.17, 15) is 0 Å². The van der Waals surface area contributed by atoms with Crippen molar-refractivity contribution in [3.8, 4) is 136 Å². The zero-order valence-electron chi connectivity index (χ0n) is 47.5. The van der Waals surface area contributed by atoms with Crippen molar-refractivity contribution in [2.75, 3.05) is 0 Å². The molecule has 0 unspecified atom stereocenters. The second-order valence-electron chi connectivity index (χ2n) is 20.8. The van der Waals surface area contributed by atoms with Crippen LogP contribution in [0.25, 0.3) is 147 Å². The van der Waals surface area contributed by atoms with E-state index >= 15 is 0 Å². The Hall–Kier alpha value is -12.1. The smallest absolute Gasteiger partial charge is 0.164 e. The number of fused-ring (bicyclic) bond motifs is 1. The predicted octanol–water partition coefficient (Wildman–Crippen LogP) is 18.5. The number of aromatic nitrogens is 10. The third-order valence-electron chi connectivity index (χ3n) is 14.9. The molecule has 0 radical (unpaired) electrons. The van der Waals surface area contributed by atoms with E-state index in [1.54, 1.807) is 0 Å². The van der Waals surface area contributed by atoms with Crippen LogP contribution in [0.4, 0.5) is 0 Å². The maximum atomic E-state index is 4.98. The van der Waals surface area contributed by atoms with Gasteiger partial charge in [0.05, 0.1) is 11.2 Å². The summed E-state index contributed by atoms with van der Waals surface area (Å²) in [6.45, 7) is 0. The summed E-state index contributed by atoms with van der Waals surface area (Å²) < 4.78 is 0. The van der Waals surface area contributed by atoms with Crippen molar-refractivity contribution in [1.29, 1.82) is 0 Å². The fourth-order valence-electron chi connectivity index (χ4n) is 10.4. The van der Waals surface area contributed by atoms with Gasteiger partial charge in [0.15, 0.2) is 52.4 Å². The number of hydrogen-bond donors (Lipinski definition) is 0. The molecule has 4 heterocycles. The number of pyridine rings is 1. The van der Waals surface area contributed by atoms with Gasteiger partial charge in [-0.15, -0.1) is 0 Å². The average molecular weight is 1130 g/mol. The molecule has 414 valence electrons. The molecule has 0 N–H and O–H groups in total. The van der Waals surface area contributed by atoms with Crippen LogP contribution in [0.1, 0.15) is 0 Å². The maximum absolute atomic E-state index is 4.98. The minimum Gasteiger partial charge on any atom is -0.248 e. The maximum Gasteiger partial charge on any atom is 0.164 e. The first-order valence-corrected chi connectivity index (χ1v) is 29.0. The highest BCUT2D eigenvalue weighted by molar-refractivity contribution is 5.83. The number of nitrogens with zero attached hydrogens (tertiary/aromatic N) is 10. The molecule has 10 nitrogen and oxygen atoms in total. The lowest BCUT2D eigenvalue weighted by Gasteiger charge is -2.11. The SMILES string of the molecule is c1ccc(-c2cccc(-c3nc(-c4ccccc4)nc(-c4ccc(-c5nc(-c6ccccc6)nc(-c6ccccc6)n5)cc4)n3)c2)cc1.c1ccc(-c2nc(-c3ccccc3)nc(-c3cccc(-c4cccc(-c5ccc6ccccc6n5)c4)c3)n2)cc1. The van der Waals surface area contributed by atoms with Gasteiger partial charge in [0, 0.05) is 61.0 Å². The summed E-state index contributed by atoms with van der Waals surface area (Å²) in [6.07, 6.45) is 0. The van der Waals surface area contributed by atoms with Gasteiger partial charge in [-0.2, -0.15) is 0 Å². The van der Waals surface area contributed by atoms with E-state index in [4.69, 9.17) is 49.8 Å². The standard InChI is InChI=1S/C42H28N6.C36H24N4/c1-5-14-29(15-6-1)35-22-13-23-36(28-35)42-47-39(32-20-11-4-12-21-32)46-41(48-42)34-26-24-33(25-27-34)40-44-37(30-16-7-2-8-17-30)43-38(45-40)31-18-9-3-10-19-31;1-3-12-26(13-4-1)34-38-35(27-14-5-2-6-15-27)40-36(39-34)31-19-10-17-29(24-31)28-16-9-18-30(23-28)33-22-21-25-11-7-8-20-32(25)37-33/h1-28H;1-24H. The molecule has 0 aliphatic rings. The van der Waals surface area contributed by atoms with Gasteiger partial charge in [-0.1, -0.05) is 285 Å². The summed E-state index contributed by atoms with van der Waals surface area (Å²) in [5, 5.41) is 1.14. The highest BCUT2D eigenvalue weighted by Crippen LogP contribution is 2.33. The fourth-order valence-corrected chi connectivity index (χ4v) is 10.4. The number of para-hydroxylation sites is 1. The summed E-state index contributed by atoms with van der Waals surface area (Å²) in [4.78, 5) is 48.9. The number of benzene rings is 11. The molecule has 0 saturated heterocycles. The second kappa shape index (κ2) is 25.0. The lowest BCUT2D eigenvalue weighted by molar-refractivity contribution is 1.07. The molecule has 0 fully saturated rings. The summed E-state index contributed by atoms with van der Waals surface area (Å²) >= 11 is 0. The van der Waals surface area contributed by atoms with E-state index in [2.05, 4.69) is 91.0 Å². The van der Waals surface area contributed by atoms with Crippen molar-refractivity contribution in [3.05, 3.63) is 315 Å². The normalized spacial score (nSPS) is 11.0. The van der Waals surface area contributed by atoms with Crippen LogP contribution in [-0.2, 0) is 0 Å². The first-order valence-electron chi connectivity index (χ1n) is 29.0. The van der Waals surface area contributed by atoms with Crippen LogP contribution in [0, 0.1) is 0 Å². The quantitative estimate of drug-likeness (QED) is 0.117. The zero-order valence-corrected chi connectivity index (χ0v) is 47.5. The van der Waals surface area contributed by atoms with Gasteiger partial charge < -0.3 is 0 Å². The Morgan fingerprint density at radius 1 is 0.136 bits per heavy atom. The Labute approximate surface area is 509 Å². The summed E-state index contributed by atoms with van der Waals surface area (Å²) in [5.41, 5.74) is 15.7. The van der Waals surface area contributed by atoms with E-state index in [-0.39, 0.29) is 0 Å². The average Bonchev–Trinajstić information content (AvgIpc) is 2.55. The van der Waals surface area contributed by atoms with Crippen LogP contribution in [-0.4, -0.2) is 49.8 Å². The summed E-state index contributed by atoms with van der Waals surface area (Å²) in [5.74, 6) is 5.59. The van der Waals surface area contributed by atoms with Gasteiger partial charge in [-0.25, -0.2) is 49.8 Å². The molecule has 10 heteroatoms. The molecule has 15 rings (SSSR count). The van der Waals surface area contributed by atoms with Crippen molar-refractivity contribution in [2.24, 2.45) is 0 Å². The van der Waals surface area contributed by atoms with Crippen molar-refractivity contribution >= 4 is 10.9 Å². The molecule has 11 aromatic carbocycles. The monoisotopic (exact) mass is 1130 g/mol. The van der Waals surface area contributed by atoms with E-state index in [1.807, 2.05) is 224 Å².